The second-order valence-electron chi connectivity index (χ2n) is 5.51. The van der Waals surface area contributed by atoms with Crippen molar-refractivity contribution in [2.45, 2.75) is 11.6 Å². The molecule has 3 rings (SSSR count). The molecule has 0 aliphatic heterocycles. The molecule has 0 aliphatic carbocycles. The van der Waals surface area contributed by atoms with Crippen molar-refractivity contribution < 1.29 is 9.47 Å². The number of hydrogen-bond acceptors (Lipinski definition) is 5. The molecular formula is C19H20ClN3O2S. The van der Waals surface area contributed by atoms with Gasteiger partial charge in [0.2, 0.25) is 0 Å². The van der Waals surface area contributed by atoms with Crippen LogP contribution in [0.2, 0.25) is 5.02 Å². The molecule has 2 aromatic carbocycles. The molecule has 0 radical (unpaired) electrons. The van der Waals surface area contributed by atoms with Crippen molar-refractivity contribution in [2.75, 3.05) is 26.6 Å². The maximum absolute atomic E-state index is 6.06. The number of aromatic nitrogens is 3. The minimum atomic E-state index is 0.690. The third kappa shape index (κ3) is 4.20. The number of nitrogens with zero attached hydrogens (tertiary/aromatic N) is 3. The molecule has 0 aliphatic rings. The average molecular weight is 390 g/mol. The number of hydrogen-bond donors (Lipinski definition) is 0. The van der Waals surface area contributed by atoms with Gasteiger partial charge < -0.3 is 9.47 Å². The van der Waals surface area contributed by atoms with Crippen LogP contribution in [0.25, 0.3) is 17.1 Å². The molecule has 136 valence electrons. The molecule has 0 bridgehead atoms. The molecule has 7 heteroatoms. The summed E-state index contributed by atoms with van der Waals surface area (Å²) < 4.78 is 12.7. The van der Waals surface area contributed by atoms with Gasteiger partial charge >= 0.3 is 0 Å². The van der Waals surface area contributed by atoms with Crippen LogP contribution in [0.5, 0.6) is 5.75 Å². The second-order valence-corrected chi connectivity index (χ2v) is 7.01. The van der Waals surface area contributed by atoms with E-state index in [2.05, 4.69) is 10.2 Å². The van der Waals surface area contributed by atoms with Gasteiger partial charge in [-0.3, -0.25) is 4.57 Å². The van der Waals surface area contributed by atoms with Crippen LogP contribution in [-0.2, 0) is 4.74 Å². The Hall–Kier alpha value is -2.02. The zero-order chi connectivity index (χ0) is 18.4. The number of halogens is 1. The van der Waals surface area contributed by atoms with E-state index in [4.69, 9.17) is 21.1 Å². The van der Waals surface area contributed by atoms with E-state index >= 15 is 0 Å². The fourth-order valence-corrected chi connectivity index (χ4v) is 3.55. The largest absolute Gasteiger partial charge is 0.496 e. The number of ether oxygens (including phenoxy) is 2. The zero-order valence-corrected chi connectivity index (χ0v) is 16.3. The van der Waals surface area contributed by atoms with Crippen molar-refractivity contribution in [3.8, 4) is 22.8 Å². The summed E-state index contributed by atoms with van der Waals surface area (Å²) in [6, 6.07) is 15.4. The predicted octanol–water partition coefficient (Wildman–Crippen LogP) is 4.72. The quantitative estimate of drug-likeness (QED) is 0.412. The molecule has 0 spiro atoms. The van der Waals surface area contributed by atoms with Crippen molar-refractivity contribution in [3.63, 3.8) is 0 Å². The van der Waals surface area contributed by atoms with Crippen LogP contribution in [0.15, 0.2) is 53.7 Å². The molecule has 0 amide bonds. The van der Waals surface area contributed by atoms with Crippen molar-refractivity contribution >= 4 is 23.4 Å². The lowest BCUT2D eigenvalue weighted by molar-refractivity contribution is 0.200. The highest BCUT2D eigenvalue weighted by atomic mass is 35.5. The first-order valence-corrected chi connectivity index (χ1v) is 9.57. The van der Waals surface area contributed by atoms with Crippen molar-refractivity contribution in [2.24, 2.45) is 0 Å². The number of para-hydroxylation sites is 1. The Morgan fingerprint density at radius 3 is 2.54 bits per heavy atom. The lowest BCUT2D eigenvalue weighted by Gasteiger charge is -2.12. The fourth-order valence-electron chi connectivity index (χ4n) is 2.56. The summed E-state index contributed by atoms with van der Waals surface area (Å²) in [5, 5.41) is 10.4. The van der Waals surface area contributed by atoms with E-state index in [9.17, 15) is 0 Å². The van der Waals surface area contributed by atoms with Gasteiger partial charge in [0.1, 0.15) is 5.75 Å². The number of benzene rings is 2. The van der Waals surface area contributed by atoms with E-state index in [-0.39, 0.29) is 0 Å². The summed E-state index contributed by atoms with van der Waals surface area (Å²) in [5.74, 6) is 2.39. The molecule has 0 fully saturated rings. The van der Waals surface area contributed by atoms with Crippen LogP contribution >= 0.6 is 23.4 Å². The maximum Gasteiger partial charge on any atom is 0.196 e. The van der Waals surface area contributed by atoms with E-state index in [1.807, 2.05) is 53.1 Å². The Morgan fingerprint density at radius 2 is 1.81 bits per heavy atom. The van der Waals surface area contributed by atoms with E-state index in [1.54, 1.807) is 26.0 Å². The minimum Gasteiger partial charge on any atom is -0.496 e. The Balaban J connectivity index is 2.04. The average Bonchev–Trinajstić information content (AvgIpc) is 3.09. The molecule has 0 saturated carbocycles. The highest BCUT2D eigenvalue weighted by molar-refractivity contribution is 7.99. The smallest absolute Gasteiger partial charge is 0.196 e. The van der Waals surface area contributed by atoms with Crippen LogP contribution < -0.4 is 4.74 Å². The van der Waals surface area contributed by atoms with Crippen molar-refractivity contribution in [1.82, 2.24) is 14.8 Å². The van der Waals surface area contributed by atoms with E-state index in [0.29, 0.717) is 5.02 Å². The van der Waals surface area contributed by atoms with Gasteiger partial charge in [0.25, 0.3) is 0 Å². The Morgan fingerprint density at radius 1 is 1.04 bits per heavy atom. The lowest BCUT2D eigenvalue weighted by atomic mass is 10.2. The van der Waals surface area contributed by atoms with Crippen molar-refractivity contribution in [1.29, 1.82) is 0 Å². The molecule has 0 saturated heterocycles. The number of methoxy groups -OCH3 is 2. The van der Waals surface area contributed by atoms with Gasteiger partial charge in [-0.1, -0.05) is 35.5 Å². The Bertz CT molecular complexity index is 852. The van der Waals surface area contributed by atoms with Crippen LogP contribution in [0.3, 0.4) is 0 Å². The molecule has 1 heterocycles. The third-order valence-electron chi connectivity index (χ3n) is 3.79. The summed E-state index contributed by atoms with van der Waals surface area (Å²) in [6.45, 7) is 0.724. The first kappa shape index (κ1) is 18.8. The standard InChI is InChI=1S/C19H20ClN3O2S/c1-24-12-5-13-26-19-22-21-18(16-6-3-4-7-17(16)25-2)23(19)15-10-8-14(20)9-11-15/h3-4,6-11H,5,12-13H2,1-2H3. The van der Waals surface area contributed by atoms with Gasteiger partial charge in [-0.2, -0.15) is 0 Å². The SMILES string of the molecule is COCCCSc1nnc(-c2ccccc2OC)n1-c1ccc(Cl)cc1. The molecule has 0 atom stereocenters. The first-order valence-electron chi connectivity index (χ1n) is 8.21. The maximum atomic E-state index is 6.06. The topological polar surface area (TPSA) is 49.2 Å². The van der Waals surface area contributed by atoms with Gasteiger partial charge in [-0.25, -0.2) is 0 Å². The van der Waals surface area contributed by atoms with Crippen LogP contribution in [0.1, 0.15) is 6.42 Å². The molecule has 5 nitrogen and oxygen atoms in total. The number of thioether (sulfide) groups is 1. The van der Waals surface area contributed by atoms with Gasteiger partial charge in [-0.15, -0.1) is 10.2 Å². The minimum absolute atomic E-state index is 0.690. The van der Waals surface area contributed by atoms with Crippen LogP contribution in [-0.4, -0.2) is 41.3 Å². The summed E-state index contributed by atoms with van der Waals surface area (Å²) in [4.78, 5) is 0. The second kappa shape index (κ2) is 9.07. The van der Waals surface area contributed by atoms with Gasteiger partial charge in [0, 0.05) is 30.2 Å². The summed E-state index contributed by atoms with van der Waals surface area (Å²) in [7, 11) is 3.36. The molecule has 1 aromatic heterocycles. The summed E-state index contributed by atoms with van der Waals surface area (Å²) in [5.41, 5.74) is 1.84. The summed E-state index contributed by atoms with van der Waals surface area (Å²) >= 11 is 7.71. The molecule has 0 N–H and O–H groups in total. The normalized spacial score (nSPS) is 10.9. The van der Waals surface area contributed by atoms with Crippen molar-refractivity contribution in [3.05, 3.63) is 53.6 Å². The van der Waals surface area contributed by atoms with Crippen LogP contribution in [0, 0.1) is 0 Å². The van der Waals surface area contributed by atoms with E-state index in [0.717, 1.165) is 46.8 Å². The van der Waals surface area contributed by atoms with Crippen LogP contribution in [0.4, 0.5) is 0 Å². The molecular weight excluding hydrogens is 370 g/mol. The highest BCUT2D eigenvalue weighted by Crippen LogP contribution is 2.33. The van der Waals surface area contributed by atoms with Gasteiger partial charge in [0.15, 0.2) is 11.0 Å². The predicted molar refractivity (Wildman–Crippen MR) is 106 cm³/mol. The Labute approximate surface area is 162 Å². The lowest BCUT2D eigenvalue weighted by Crippen LogP contribution is -2.01. The van der Waals surface area contributed by atoms with Gasteiger partial charge in [-0.05, 0) is 42.8 Å². The fraction of sp³-hybridized carbons (Fsp3) is 0.263. The van der Waals surface area contributed by atoms with E-state index < -0.39 is 0 Å². The Kier molecular flexibility index (Phi) is 6.55. The van der Waals surface area contributed by atoms with Gasteiger partial charge in [0.05, 0.1) is 12.7 Å². The molecule has 26 heavy (non-hydrogen) atoms. The number of rotatable bonds is 8. The highest BCUT2D eigenvalue weighted by Gasteiger charge is 2.18. The summed E-state index contributed by atoms with van der Waals surface area (Å²) in [6.07, 6.45) is 0.943. The molecule has 3 aromatic rings. The monoisotopic (exact) mass is 389 g/mol. The van der Waals surface area contributed by atoms with E-state index in [1.165, 1.54) is 0 Å². The third-order valence-corrected chi connectivity index (χ3v) is 5.06. The zero-order valence-electron chi connectivity index (χ0n) is 14.7. The molecule has 0 unspecified atom stereocenters. The first-order chi connectivity index (χ1) is 12.7.